The number of rotatable bonds is 1. The Labute approximate surface area is 121 Å². The van der Waals surface area contributed by atoms with E-state index in [1.165, 1.54) is 6.92 Å². The van der Waals surface area contributed by atoms with Crippen LogP contribution in [0.5, 0.6) is 0 Å². The molecule has 1 heterocycles. The maximum atomic E-state index is 12.6. The van der Waals surface area contributed by atoms with Gasteiger partial charge >= 0.3 is 5.97 Å². The number of aromatic nitrogens is 2. The number of para-hydroxylation sites is 2. The van der Waals surface area contributed by atoms with E-state index in [-0.39, 0.29) is 5.69 Å². The summed E-state index contributed by atoms with van der Waals surface area (Å²) in [7, 11) is 0. The number of carbonyl (C=O) groups is 1. The van der Waals surface area contributed by atoms with Crippen molar-refractivity contribution in [3.05, 3.63) is 45.8 Å². The molecule has 1 aliphatic carbocycles. The van der Waals surface area contributed by atoms with Gasteiger partial charge in [0.05, 0.1) is 10.1 Å². The first-order chi connectivity index (χ1) is 10.1. The molecular formula is C15H16N2O4. The Morgan fingerprint density at radius 2 is 2.14 bits per heavy atom. The summed E-state index contributed by atoms with van der Waals surface area (Å²) >= 11 is 0. The fourth-order valence-corrected chi connectivity index (χ4v) is 2.92. The van der Waals surface area contributed by atoms with Crippen molar-refractivity contribution < 1.29 is 14.0 Å². The zero-order valence-electron chi connectivity index (χ0n) is 11.7. The van der Waals surface area contributed by atoms with Gasteiger partial charge in [0.1, 0.15) is 5.52 Å². The first kappa shape index (κ1) is 13.6. The molecule has 1 atom stereocenters. The summed E-state index contributed by atoms with van der Waals surface area (Å²) in [5.74, 6) is -0.446. The van der Waals surface area contributed by atoms with E-state index in [0.29, 0.717) is 29.6 Å². The van der Waals surface area contributed by atoms with Crippen LogP contribution in [0.1, 0.15) is 43.7 Å². The molecular weight excluding hydrogens is 272 g/mol. The Kier molecular flexibility index (Phi) is 3.37. The summed E-state index contributed by atoms with van der Waals surface area (Å²) in [5, 5.41) is 12.5. The zero-order valence-corrected chi connectivity index (χ0v) is 11.7. The maximum Gasteiger partial charge on any atom is 0.303 e. The first-order valence-electron chi connectivity index (χ1n) is 7.03. The average Bonchev–Trinajstić information content (AvgIpc) is 2.67. The van der Waals surface area contributed by atoms with Gasteiger partial charge in [-0.3, -0.25) is 4.79 Å². The highest BCUT2D eigenvalue weighted by molar-refractivity contribution is 5.72. The second-order valence-electron chi connectivity index (χ2n) is 5.25. The molecule has 0 radical (unpaired) electrons. The van der Waals surface area contributed by atoms with E-state index in [0.717, 1.165) is 22.0 Å². The van der Waals surface area contributed by atoms with Gasteiger partial charge in [0.15, 0.2) is 6.10 Å². The van der Waals surface area contributed by atoms with E-state index < -0.39 is 12.1 Å². The summed E-state index contributed by atoms with van der Waals surface area (Å²) in [4.78, 5) is 23.9. The van der Waals surface area contributed by atoms with Gasteiger partial charge in [-0.1, -0.05) is 12.1 Å². The number of esters is 1. The summed E-state index contributed by atoms with van der Waals surface area (Å²) in [5.41, 5.74) is 1.32. The van der Waals surface area contributed by atoms with Crippen molar-refractivity contribution in [3.63, 3.8) is 0 Å². The average molecular weight is 288 g/mol. The first-order valence-corrected chi connectivity index (χ1v) is 7.03. The van der Waals surface area contributed by atoms with Crippen LogP contribution in [0.3, 0.4) is 0 Å². The van der Waals surface area contributed by atoms with Gasteiger partial charge < -0.3 is 14.7 Å². The van der Waals surface area contributed by atoms with E-state index in [1.54, 1.807) is 24.3 Å². The van der Waals surface area contributed by atoms with Crippen LogP contribution in [0.15, 0.2) is 24.3 Å². The van der Waals surface area contributed by atoms with Gasteiger partial charge in [-0.15, -0.1) is 0 Å². The summed E-state index contributed by atoms with van der Waals surface area (Å²) in [6.45, 7) is 1.31. The molecule has 1 unspecified atom stereocenters. The van der Waals surface area contributed by atoms with Crippen molar-refractivity contribution >= 4 is 17.0 Å². The van der Waals surface area contributed by atoms with Crippen molar-refractivity contribution in [2.45, 2.75) is 38.7 Å². The summed E-state index contributed by atoms with van der Waals surface area (Å²) in [6, 6.07) is 6.67. The number of nitrogens with zero attached hydrogens (tertiary/aromatic N) is 2. The lowest BCUT2D eigenvalue weighted by atomic mass is 10.1. The lowest BCUT2D eigenvalue weighted by molar-refractivity contribution is -0.483. The highest BCUT2D eigenvalue weighted by atomic mass is 16.5. The quantitative estimate of drug-likeness (QED) is 0.458. The number of carbonyl (C=O) groups excluding carboxylic acids is 1. The van der Waals surface area contributed by atoms with Gasteiger partial charge in [0.25, 0.3) is 11.2 Å². The Morgan fingerprint density at radius 3 is 2.90 bits per heavy atom. The molecule has 1 aromatic heterocycles. The van der Waals surface area contributed by atoms with Gasteiger partial charge in [-0.25, -0.2) is 0 Å². The predicted molar refractivity (Wildman–Crippen MR) is 76.1 cm³/mol. The molecule has 0 saturated heterocycles. The van der Waals surface area contributed by atoms with Crippen molar-refractivity contribution in [3.8, 4) is 0 Å². The minimum atomic E-state index is -0.651. The van der Waals surface area contributed by atoms with Gasteiger partial charge in [0.2, 0.25) is 0 Å². The van der Waals surface area contributed by atoms with Crippen LogP contribution in [0.25, 0.3) is 11.0 Å². The van der Waals surface area contributed by atoms with Crippen LogP contribution in [-0.2, 0) is 16.0 Å². The van der Waals surface area contributed by atoms with E-state index in [9.17, 15) is 14.9 Å². The Balaban J connectivity index is 2.31. The van der Waals surface area contributed by atoms with Gasteiger partial charge in [-0.2, -0.15) is 0 Å². The summed E-state index contributed by atoms with van der Waals surface area (Å²) < 4.78 is 6.82. The topological polar surface area (TPSA) is 77.3 Å². The zero-order chi connectivity index (χ0) is 15.0. The molecule has 0 amide bonds. The number of hydrogen-bond acceptors (Lipinski definition) is 4. The van der Waals surface area contributed by atoms with Gasteiger partial charge in [-0.05, 0) is 31.7 Å². The normalized spacial score (nSPS) is 18.0. The molecule has 0 aliphatic heterocycles. The highest BCUT2D eigenvalue weighted by Crippen LogP contribution is 2.30. The molecule has 21 heavy (non-hydrogen) atoms. The molecule has 0 fully saturated rings. The van der Waals surface area contributed by atoms with E-state index >= 15 is 0 Å². The lowest BCUT2D eigenvalue weighted by Crippen LogP contribution is -2.31. The summed E-state index contributed by atoms with van der Waals surface area (Å²) in [6.07, 6.45) is 2.04. The van der Waals surface area contributed by atoms with Crippen molar-refractivity contribution in [1.29, 1.82) is 0 Å². The molecule has 1 aromatic carbocycles. The van der Waals surface area contributed by atoms with E-state index in [2.05, 4.69) is 0 Å². The standard InChI is InChI=1S/C15H16N2O4/c1-10(18)21-14-9-5-4-8-13-15(14)17(20)12-7-3-2-6-11(12)16(13)19/h2-3,6-7,14H,4-5,8-9H2,1H3. The largest absolute Gasteiger partial charge is 0.805 e. The van der Waals surface area contributed by atoms with E-state index in [4.69, 9.17) is 4.74 Å². The number of benzene rings is 1. The maximum absolute atomic E-state index is 12.6. The van der Waals surface area contributed by atoms with Crippen molar-refractivity contribution in [2.75, 3.05) is 0 Å². The monoisotopic (exact) mass is 288 g/mol. The number of hydrogen-bond donors (Lipinski definition) is 0. The molecule has 2 aromatic rings. The van der Waals surface area contributed by atoms with E-state index in [1.807, 2.05) is 0 Å². The minimum Gasteiger partial charge on any atom is -0.805 e. The molecule has 0 N–H and O–H groups in total. The fraction of sp³-hybridized carbons (Fsp3) is 0.400. The Bertz CT molecular complexity index is 766. The molecule has 6 nitrogen and oxygen atoms in total. The lowest BCUT2D eigenvalue weighted by Gasteiger charge is -2.20. The highest BCUT2D eigenvalue weighted by Gasteiger charge is 2.33. The molecule has 1 aliphatic rings. The fourth-order valence-electron chi connectivity index (χ4n) is 2.92. The third kappa shape index (κ3) is 2.26. The van der Waals surface area contributed by atoms with Crippen LogP contribution in [0.4, 0.5) is 0 Å². The molecule has 0 bridgehead atoms. The van der Waals surface area contributed by atoms with Crippen LogP contribution in [0, 0.1) is 10.1 Å². The van der Waals surface area contributed by atoms with Crippen LogP contribution in [0.2, 0.25) is 0 Å². The van der Waals surface area contributed by atoms with Crippen molar-refractivity contribution in [2.24, 2.45) is 0 Å². The minimum absolute atomic E-state index is 0.274. The van der Waals surface area contributed by atoms with Crippen molar-refractivity contribution in [1.82, 2.24) is 4.73 Å². The molecule has 3 rings (SSSR count). The van der Waals surface area contributed by atoms with Crippen LogP contribution < -0.4 is 4.43 Å². The molecule has 0 spiro atoms. The molecule has 110 valence electrons. The SMILES string of the molecule is CC(=O)OC1CCCCc2c1[n+](=O)c1ccccc1n2[O-]. The van der Waals surface area contributed by atoms with Crippen LogP contribution >= 0.6 is 0 Å². The predicted octanol–water partition coefficient (Wildman–Crippen LogP) is 2.23. The molecule has 6 heteroatoms. The number of fused-ring (bicyclic) bond motifs is 2. The van der Waals surface area contributed by atoms with Crippen LogP contribution in [-0.4, -0.2) is 10.7 Å². The number of ether oxygens (including phenoxy) is 1. The third-order valence-electron chi connectivity index (χ3n) is 3.82. The Morgan fingerprint density at radius 1 is 1.38 bits per heavy atom. The third-order valence-corrected chi connectivity index (χ3v) is 3.82. The Hall–Kier alpha value is -2.37. The second kappa shape index (κ2) is 5.20. The van der Waals surface area contributed by atoms with Gasteiger partial charge in [0, 0.05) is 17.9 Å². The second-order valence-corrected chi connectivity index (χ2v) is 5.25. The smallest absolute Gasteiger partial charge is 0.303 e. The molecule has 0 saturated carbocycles.